The highest BCUT2D eigenvalue weighted by Crippen LogP contribution is 2.20. The molecule has 1 unspecified atom stereocenters. The van der Waals surface area contributed by atoms with E-state index in [1.165, 1.54) is 11.3 Å². The first kappa shape index (κ1) is 15.5. The van der Waals surface area contributed by atoms with Gasteiger partial charge in [0.25, 0.3) is 0 Å². The number of carbonyl (C=O) groups is 1. The van der Waals surface area contributed by atoms with Crippen LogP contribution in [0.2, 0.25) is 0 Å². The summed E-state index contributed by atoms with van der Waals surface area (Å²) in [4.78, 5) is 17.8. The summed E-state index contributed by atoms with van der Waals surface area (Å²) in [6, 6.07) is 4.37. The van der Waals surface area contributed by atoms with Crippen LogP contribution in [0.3, 0.4) is 0 Å². The van der Waals surface area contributed by atoms with Crippen molar-refractivity contribution in [2.24, 2.45) is 0 Å². The molecule has 1 aliphatic heterocycles. The maximum absolute atomic E-state index is 12.4. The SMILES string of the molecule is CN(CC(=O)N1CCCCC1CCO)Cc1cccs1. The molecule has 112 valence electrons. The van der Waals surface area contributed by atoms with Crippen LogP contribution in [0.15, 0.2) is 17.5 Å². The minimum atomic E-state index is 0.166. The normalized spacial score (nSPS) is 19.6. The molecule has 1 fully saturated rings. The van der Waals surface area contributed by atoms with Crippen LogP contribution in [0.25, 0.3) is 0 Å². The molecule has 4 nitrogen and oxygen atoms in total. The first-order valence-corrected chi connectivity index (χ1v) is 8.20. The van der Waals surface area contributed by atoms with Gasteiger partial charge in [-0.1, -0.05) is 6.07 Å². The molecular formula is C15H24N2O2S. The second kappa shape index (κ2) is 7.76. The third-order valence-corrected chi connectivity index (χ3v) is 4.68. The predicted octanol–water partition coefficient (Wildman–Crippen LogP) is 1.94. The Morgan fingerprint density at radius 1 is 1.55 bits per heavy atom. The Morgan fingerprint density at radius 2 is 2.40 bits per heavy atom. The van der Waals surface area contributed by atoms with Crippen molar-refractivity contribution in [2.45, 2.75) is 38.3 Å². The number of carbonyl (C=O) groups excluding carboxylic acids is 1. The fraction of sp³-hybridized carbons (Fsp3) is 0.667. The van der Waals surface area contributed by atoms with Crippen LogP contribution in [0.4, 0.5) is 0 Å². The third kappa shape index (κ3) is 4.30. The van der Waals surface area contributed by atoms with Gasteiger partial charge in [-0.3, -0.25) is 9.69 Å². The molecule has 2 rings (SSSR count). The van der Waals surface area contributed by atoms with E-state index in [2.05, 4.69) is 16.3 Å². The predicted molar refractivity (Wildman–Crippen MR) is 81.7 cm³/mol. The highest BCUT2D eigenvalue weighted by atomic mass is 32.1. The Bertz CT molecular complexity index is 406. The van der Waals surface area contributed by atoms with E-state index < -0.39 is 0 Å². The second-order valence-corrected chi connectivity index (χ2v) is 6.53. The van der Waals surface area contributed by atoms with E-state index in [0.29, 0.717) is 13.0 Å². The Kier molecular flexibility index (Phi) is 6.01. The minimum Gasteiger partial charge on any atom is -0.396 e. The highest BCUT2D eigenvalue weighted by molar-refractivity contribution is 7.09. The fourth-order valence-corrected chi connectivity index (χ4v) is 3.61. The first-order chi connectivity index (χ1) is 9.70. The molecule has 0 radical (unpaired) electrons. The van der Waals surface area contributed by atoms with Gasteiger partial charge in [-0.05, 0) is 44.2 Å². The summed E-state index contributed by atoms with van der Waals surface area (Å²) in [7, 11) is 1.99. The van der Waals surface area contributed by atoms with E-state index >= 15 is 0 Å². The van der Waals surface area contributed by atoms with Gasteiger partial charge < -0.3 is 10.0 Å². The number of rotatable bonds is 6. The van der Waals surface area contributed by atoms with Gasteiger partial charge in [-0.2, -0.15) is 0 Å². The Labute approximate surface area is 125 Å². The molecule has 0 bridgehead atoms. The van der Waals surface area contributed by atoms with Crippen LogP contribution < -0.4 is 0 Å². The number of amides is 1. The Balaban J connectivity index is 1.85. The number of likely N-dealkylation sites (tertiary alicyclic amines) is 1. The van der Waals surface area contributed by atoms with Gasteiger partial charge in [-0.15, -0.1) is 11.3 Å². The Morgan fingerprint density at radius 3 is 3.10 bits per heavy atom. The standard InChI is InChI=1S/C15H24N2O2S/c1-16(11-14-6-4-10-20-14)12-15(19)17-8-3-2-5-13(17)7-9-18/h4,6,10,13,18H,2-3,5,7-9,11-12H2,1H3. The monoisotopic (exact) mass is 296 g/mol. The molecule has 1 aromatic heterocycles. The average molecular weight is 296 g/mol. The average Bonchev–Trinajstić information content (AvgIpc) is 2.92. The van der Waals surface area contributed by atoms with Crippen LogP contribution in [-0.4, -0.2) is 53.6 Å². The van der Waals surface area contributed by atoms with Crippen LogP contribution in [0.1, 0.15) is 30.6 Å². The zero-order valence-electron chi connectivity index (χ0n) is 12.1. The molecular weight excluding hydrogens is 272 g/mol. The van der Waals surface area contributed by atoms with E-state index in [9.17, 15) is 4.79 Å². The number of aliphatic hydroxyl groups is 1. The summed E-state index contributed by atoms with van der Waals surface area (Å²) in [5.41, 5.74) is 0. The van der Waals surface area contributed by atoms with Crippen LogP contribution in [0, 0.1) is 0 Å². The first-order valence-electron chi connectivity index (χ1n) is 7.32. The van der Waals surface area contributed by atoms with Crippen molar-refractivity contribution in [3.05, 3.63) is 22.4 Å². The molecule has 1 amide bonds. The number of hydrogen-bond donors (Lipinski definition) is 1. The van der Waals surface area contributed by atoms with E-state index in [-0.39, 0.29) is 18.6 Å². The molecule has 0 aromatic carbocycles. The van der Waals surface area contributed by atoms with E-state index in [1.54, 1.807) is 11.3 Å². The quantitative estimate of drug-likeness (QED) is 0.872. The van der Waals surface area contributed by atoms with Crippen molar-refractivity contribution < 1.29 is 9.90 Å². The van der Waals surface area contributed by atoms with Crippen LogP contribution in [-0.2, 0) is 11.3 Å². The third-order valence-electron chi connectivity index (χ3n) is 3.82. The van der Waals surface area contributed by atoms with Crippen molar-refractivity contribution >= 4 is 17.2 Å². The summed E-state index contributed by atoms with van der Waals surface area (Å²) < 4.78 is 0. The molecule has 20 heavy (non-hydrogen) atoms. The van der Waals surface area contributed by atoms with Crippen molar-refractivity contribution in [2.75, 3.05) is 26.7 Å². The Hall–Kier alpha value is -0.910. The summed E-state index contributed by atoms with van der Waals surface area (Å²) in [5, 5.41) is 11.2. The molecule has 1 aromatic rings. The minimum absolute atomic E-state index is 0.166. The lowest BCUT2D eigenvalue weighted by Crippen LogP contribution is -2.47. The van der Waals surface area contributed by atoms with Crippen molar-refractivity contribution in [3.8, 4) is 0 Å². The van der Waals surface area contributed by atoms with E-state index in [0.717, 1.165) is 25.9 Å². The van der Waals surface area contributed by atoms with Gasteiger partial charge in [0.15, 0.2) is 0 Å². The van der Waals surface area contributed by atoms with Gasteiger partial charge in [0.05, 0.1) is 6.54 Å². The lowest BCUT2D eigenvalue weighted by molar-refractivity contribution is -0.136. The number of thiophene rings is 1. The molecule has 0 aliphatic carbocycles. The fourth-order valence-electron chi connectivity index (χ4n) is 2.82. The molecule has 2 heterocycles. The molecule has 0 saturated carbocycles. The lowest BCUT2D eigenvalue weighted by Gasteiger charge is -2.36. The van der Waals surface area contributed by atoms with Gasteiger partial charge in [0.1, 0.15) is 0 Å². The molecule has 1 N–H and O–H groups in total. The van der Waals surface area contributed by atoms with Gasteiger partial charge >= 0.3 is 0 Å². The van der Waals surface area contributed by atoms with Gasteiger partial charge in [0.2, 0.25) is 5.91 Å². The van der Waals surface area contributed by atoms with Crippen molar-refractivity contribution in [1.82, 2.24) is 9.80 Å². The molecule has 1 atom stereocenters. The zero-order chi connectivity index (χ0) is 14.4. The lowest BCUT2D eigenvalue weighted by atomic mass is 9.99. The van der Waals surface area contributed by atoms with Crippen LogP contribution >= 0.6 is 11.3 Å². The number of hydrogen-bond acceptors (Lipinski definition) is 4. The van der Waals surface area contributed by atoms with Crippen molar-refractivity contribution in [1.29, 1.82) is 0 Å². The zero-order valence-corrected chi connectivity index (χ0v) is 12.9. The highest BCUT2D eigenvalue weighted by Gasteiger charge is 2.26. The molecule has 1 aliphatic rings. The van der Waals surface area contributed by atoms with Crippen molar-refractivity contribution in [3.63, 3.8) is 0 Å². The maximum atomic E-state index is 12.4. The van der Waals surface area contributed by atoms with E-state index in [4.69, 9.17) is 5.11 Å². The number of likely N-dealkylation sites (N-methyl/N-ethyl adjacent to an activating group) is 1. The number of piperidine rings is 1. The summed E-state index contributed by atoms with van der Waals surface area (Å²) in [6.07, 6.45) is 3.99. The summed E-state index contributed by atoms with van der Waals surface area (Å²) >= 11 is 1.72. The molecule has 0 spiro atoms. The topological polar surface area (TPSA) is 43.8 Å². The number of aliphatic hydroxyl groups excluding tert-OH is 1. The summed E-state index contributed by atoms with van der Waals surface area (Å²) in [5.74, 6) is 0.196. The van der Waals surface area contributed by atoms with E-state index in [1.807, 2.05) is 18.0 Å². The molecule has 1 saturated heterocycles. The smallest absolute Gasteiger partial charge is 0.236 e. The maximum Gasteiger partial charge on any atom is 0.236 e. The van der Waals surface area contributed by atoms with Crippen LogP contribution in [0.5, 0.6) is 0 Å². The van der Waals surface area contributed by atoms with Gasteiger partial charge in [0, 0.05) is 30.6 Å². The number of nitrogens with zero attached hydrogens (tertiary/aromatic N) is 2. The van der Waals surface area contributed by atoms with Gasteiger partial charge in [-0.25, -0.2) is 0 Å². The summed E-state index contributed by atoms with van der Waals surface area (Å²) in [6.45, 7) is 2.29. The second-order valence-electron chi connectivity index (χ2n) is 5.50. The molecule has 5 heteroatoms. The largest absolute Gasteiger partial charge is 0.396 e.